The van der Waals surface area contributed by atoms with Crippen molar-refractivity contribution >= 4 is 13.7 Å². The first-order valence-electron chi connectivity index (χ1n) is 20.2. The maximum Gasteiger partial charge on any atom is 0.472 e. The molecule has 0 rings (SSSR count). The zero-order valence-electron chi connectivity index (χ0n) is 32.7. The first-order valence-corrected chi connectivity index (χ1v) is 21.7. The molecular weight excluding hydrogens is 635 g/mol. The van der Waals surface area contributed by atoms with E-state index >= 15 is 0 Å². The molecule has 3 atom stereocenters. The molecule has 0 bridgehead atoms. The first kappa shape index (κ1) is 48.0. The summed E-state index contributed by atoms with van der Waals surface area (Å²) in [5.41, 5.74) is 0. The Labute approximate surface area is 303 Å². The number of nitrogens with zero attached hydrogens (tertiary/aromatic N) is 1. The van der Waals surface area contributed by atoms with Crippen LogP contribution in [-0.4, -0.2) is 73.4 Å². The number of rotatable bonds is 36. The average Bonchev–Trinajstić information content (AvgIpc) is 3.04. The van der Waals surface area contributed by atoms with Gasteiger partial charge in [-0.25, -0.2) is 4.57 Å². The summed E-state index contributed by atoms with van der Waals surface area (Å²) >= 11 is 0. The SMILES string of the molecule is CCCCCCCCCCCC/C=C/CC/C=C/[C@@H](O)[C@H](COP(=O)(O)OCC[N+](C)(C)C)NC(=O)CCCCCCCCCCCCC. The van der Waals surface area contributed by atoms with E-state index in [0.717, 1.165) is 38.5 Å². The Morgan fingerprint density at radius 2 is 1.12 bits per heavy atom. The number of nitrogens with one attached hydrogen (secondary N) is 1. The number of amides is 1. The highest BCUT2D eigenvalue weighted by Gasteiger charge is 2.27. The summed E-state index contributed by atoms with van der Waals surface area (Å²) in [6, 6.07) is -0.856. The summed E-state index contributed by atoms with van der Waals surface area (Å²) in [5.74, 6) is -0.189. The number of likely N-dealkylation sites (N-methyl/N-ethyl adjacent to an activating group) is 1. The number of allylic oxidation sites excluding steroid dienone is 3. The van der Waals surface area contributed by atoms with Crippen LogP contribution in [0, 0.1) is 0 Å². The van der Waals surface area contributed by atoms with Crippen molar-refractivity contribution in [2.24, 2.45) is 0 Å². The number of hydrogen-bond donors (Lipinski definition) is 3. The third-order valence-electron chi connectivity index (χ3n) is 8.92. The van der Waals surface area contributed by atoms with Crippen LogP contribution in [0.1, 0.15) is 174 Å². The highest BCUT2D eigenvalue weighted by molar-refractivity contribution is 7.47. The number of carbonyl (C=O) groups is 1. The zero-order chi connectivity index (χ0) is 36.5. The molecule has 0 aliphatic carbocycles. The van der Waals surface area contributed by atoms with Gasteiger partial charge in [-0.15, -0.1) is 0 Å². The number of hydrogen-bond acceptors (Lipinski definition) is 5. The molecule has 0 heterocycles. The van der Waals surface area contributed by atoms with Crippen LogP contribution < -0.4 is 5.32 Å². The molecule has 0 aromatic heterocycles. The van der Waals surface area contributed by atoms with Crippen molar-refractivity contribution in [1.82, 2.24) is 5.32 Å². The van der Waals surface area contributed by atoms with Gasteiger partial charge in [-0.2, -0.15) is 0 Å². The van der Waals surface area contributed by atoms with Gasteiger partial charge in [0, 0.05) is 6.42 Å². The van der Waals surface area contributed by atoms with Crippen molar-refractivity contribution in [3.05, 3.63) is 24.3 Å². The van der Waals surface area contributed by atoms with Crippen molar-refractivity contribution in [2.75, 3.05) is 40.9 Å². The van der Waals surface area contributed by atoms with Crippen LogP contribution in [0.15, 0.2) is 24.3 Å². The molecule has 0 saturated carbocycles. The van der Waals surface area contributed by atoms with Crippen molar-refractivity contribution in [3.63, 3.8) is 0 Å². The molecule has 0 fully saturated rings. The number of phosphoric ester groups is 1. The summed E-state index contributed by atoms with van der Waals surface area (Å²) in [6.45, 7) is 4.77. The molecule has 49 heavy (non-hydrogen) atoms. The molecule has 3 N–H and O–H groups in total. The topological polar surface area (TPSA) is 105 Å². The van der Waals surface area contributed by atoms with Crippen molar-refractivity contribution in [1.29, 1.82) is 0 Å². The second-order valence-electron chi connectivity index (χ2n) is 15.0. The highest BCUT2D eigenvalue weighted by atomic mass is 31.2. The van der Waals surface area contributed by atoms with Gasteiger partial charge in [0.2, 0.25) is 5.91 Å². The fourth-order valence-corrected chi connectivity index (χ4v) is 6.38. The fraction of sp³-hybridized carbons (Fsp3) is 0.875. The Morgan fingerprint density at radius 3 is 1.63 bits per heavy atom. The van der Waals surface area contributed by atoms with Gasteiger partial charge in [-0.1, -0.05) is 160 Å². The molecule has 0 aliphatic heterocycles. The largest absolute Gasteiger partial charge is 0.472 e. The number of unbranched alkanes of at least 4 members (excludes halogenated alkanes) is 21. The second-order valence-corrected chi connectivity index (χ2v) is 16.5. The van der Waals surface area contributed by atoms with E-state index in [9.17, 15) is 19.4 Å². The molecule has 0 aromatic carbocycles. The van der Waals surface area contributed by atoms with Gasteiger partial charge in [-0.3, -0.25) is 13.8 Å². The Morgan fingerprint density at radius 1 is 0.673 bits per heavy atom. The second kappa shape index (κ2) is 32.9. The minimum Gasteiger partial charge on any atom is -0.387 e. The predicted molar refractivity (Wildman–Crippen MR) is 208 cm³/mol. The van der Waals surface area contributed by atoms with E-state index in [4.69, 9.17) is 9.05 Å². The normalized spacial score (nSPS) is 14.8. The van der Waals surface area contributed by atoms with Gasteiger partial charge in [0.25, 0.3) is 0 Å². The van der Waals surface area contributed by atoms with Crippen molar-refractivity contribution < 1.29 is 32.9 Å². The van der Waals surface area contributed by atoms with Crippen LogP contribution in [0.2, 0.25) is 0 Å². The van der Waals surface area contributed by atoms with Gasteiger partial charge in [0.05, 0.1) is 39.9 Å². The van der Waals surface area contributed by atoms with Crippen LogP contribution in [-0.2, 0) is 18.4 Å². The van der Waals surface area contributed by atoms with E-state index < -0.39 is 20.0 Å². The van der Waals surface area contributed by atoms with Crippen molar-refractivity contribution in [3.8, 4) is 0 Å². The fourth-order valence-electron chi connectivity index (χ4n) is 5.64. The minimum atomic E-state index is -4.33. The molecule has 0 radical (unpaired) electrons. The molecule has 1 amide bonds. The van der Waals surface area contributed by atoms with Crippen LogP contribution >= 0.6 is 7.82 Å². The Balaban J connectivity index is 4.54. The molecule has 0 spiro atoms. The minimum absolute atomic E-state index is 0.0579. The highest BCUT2D eigenvalue weighted by Crippen LogP contribution is 2.43. The summed E-state index contributed by atoms with van der Waals surface area (Å²) in [4.78, 5) is 23.0. The third-order valence-corrected chi connectivity index (χ3v) is 9.91. The lowest BCUT2D eigenvalue weighted by molar-refractivity contribution is -0.870. The number of aliphatic hydroxyl groups is 1. The standard InChI is InChI=1S/C40H79N2O6P/c1-6-8-10-12-14-16-18-19-20-21-22-24-25-27-29-31-33-39(43)38(37-48-49(45,46)47-36-35-42(3,4)5)41-40(44)34-32-30-28-26-23-17-15-13-11-9-7-2/h24-25,31,33,38-39,43H,6-23,26-30,32,34-37H2,1-5H3,(H-,41,44,45,46)/p+1/b25-24+,33-31+/t38-,39+/m0/s1. The van der Waals surface area contributed by atoms with E-state index in [2.05, 4.69) is 31.3 Å². The van der Waals surface area contributed by atoms with Crippen LogP contribution in [0.25, 0.3) is 0 Å². The lowest BCUT2D eigenvalue weighted by Crippen LogP contribution is -2.45. The van der Waals surface area contributed by atoms with Gasteiger partial charge >= 0.3 is 7.82 Å². The molecule has 0 saturated heterocycles. The Kier molecular flexibility index (Phi) is 32.2. The van der Waals surface area contributed by atoms with Gasteiger partial charge in [0.1, 0.15) is 13.2 Å². The first-order chi connectivity index (χ1) is 23.5. The van der Waals surface area contributed by atoms with E-state index in [-0.39, 0.29) is 19.1 Å². The smallest absolute Gasteiger partial charge is 0.387 e. The molecule has 9 heteroatoms. The summed E-state index contributed by atoms with van der Waals surface area (Å²) < 4.78 is 23.4. The summed E-state index contributed by atoms with van der Waals surface area (Å²) in [5, 5.41) is 13.7. The quantitative estimate of drug-likeness (QED) is 0.0258. The van der Waals surface area contributed by atoms with E-state index in [1.54, 1.807) is 6.08 Å². The molecule has 0 aliphatic rings. The molecular formula is C40H80N2O6P+. The Hall–Kier alpha value is -1.02. The van der Waals surface area contributed by atoms with Gasteiger partial charge < -0.3 is 19.8 Å². The molecule has 1 unspecified atom stereocenters. The third kappa shape index (κ3) is 35.2. The average molecular weight is 716 g/mol. The predicted octanol–water partition coefficient (Wildman–Crippen LogP) is 10.6. The monoisotopic (exact) mass is 716 g/mol. The van der Waals surface area contributed by atoms with Gasteiger partial charge in [-0.05, 0) is 32.1 Å². The van der Waals surface area contributed by atoms with E-state index in [1.165, 1.54) is 116 Å². The lowest BCUT2D eigenvalue weighted by Gasteiger charge is -2.25. The van der Waals surface area contributed by atoms with Crippen molar-refractivity contribution in [2.45, 2.75) is 187 Å². The lowest BCUT2D eigenvalue weighted by atomic mass is 10.0. The Bertz CT molecular complexity index is 860. The van der Waals surface area contributed by atoms with E-state index in [1.807, 2.05) is 27.2 Å². The number of aliphatic hydroxyl groups excluding tert-OH is 1. The maximum atomic E-state index is 12.8. The summed E-state index contributed by atoms with van der Waals surface area (Å²) in [7, 11) is 1.56. The van der Waals surface area contributed by atoms with Crippen LogP contribution in [0.5, 0.6) is 0 Å². The van der Waals surface area contributed by atoms with E-state index in [0.29, 0.717) is 17.4 Å². The molecule has 0 aromatic rings. The number of phosphoric acid groups is 1. The number of carbonyl (C=O) groups excluding carboxylic acids is 1. The zero-order valence-corrected chi connectivity index (χ0v) is 33.6. The van der Waals surface area contributed by atoms with Gasteiger partial charge in [0.15, 0.2) is 0 Å². The number of quaternary nitrogens is 1. The molecule has 290 valence electrons. The van der Waals surface area contributed by atoms with Crippen LogP contribution in [0.3, 0.4) is 0 Å². The van der Waals surface area contributed by atoms with Crippen LogP contribution in [0.4, 0.5) is 0 Å². The summed E-state index contributed by atoms with van der Waals surface area (Å²) in [6.07, 6.45) is 36.7. The molecule has 8 nitrogen and oxygen atoms in total. The maximum absolute atomic E-state index is 12.8.